The number of nitrogens with zero attached hydrogens (tertiary/aromatic N) is 3. The number of alkyl halides is 1. The van der Waals surface area contributed by atoms with Crippen LogP contribution in [0.3, 0.4) is 0 Å². The van der Waals surface area contributed by atoms with Crippen molar-refractivity contribution in [1.29, 1.82) is 0 Å². The Morgan fingerprint density at radius 3 is 2.58 bits per heavy atom. The van der Waals surface area contributed by atoms with Crippen molar-refractivity contribution < 1.29 is 26.7 Å². The second kappa shape index (κ2) is 9.15. The van der Waals surface area contributed by atoms with Gasteiger partial charge in [-0.1, -0.05) is 23.7 Å². The quantitative estimate of drug-likeness (QED) is 0.431. The highest BCUT2D eigenvalue weighted by Gasteiger charge is 2.51. The molecule has 1 saturated heterocycles. The number of sulfone groups is 1. The Labute approximate surface area is 213 Å². The van der Waals surface area contributed by atoms with Crippen LogP contribution < -0.4 is 14.4 Å². The Morgan fingerprint density at radius 2 is 1.89 bits per heavy atom. The summed E-state index contributed by atoms with van der Waals surface area (Å²) in [6, 6.07) is 8.87. The molecule has 0 radical (unpaired) electrons. The van der Waals surface area contributed by atoms with Gasteiger partial charge in [-0.2, -0.15) is 4.39 Å². The van der Waals surface area contributed by atoms with Crippen molar-refractivity contribution in [3.63, 3.8) is 0 Å². The summed E-state index contributed by atoms with van der Waals surface area (Å²) in [4.78, 5) is 10.5. The van der Waals surface area contributed by atoms with E-state index in [1.165, 1.54) is 30.3 Å². The lowest BCUT2D eigenvalue weighted by molar-refractivity contribution is 0.0464. The standard InChI is InChI=1S/C25H24ClF2N3O4S/c1-15-9-16(7-8-31(15)24-29-12-19(26)13-30-24)14-34-21-5-3-17(10-20(21)27)18-4-6-23-22(11-18)35-25(2,28)36(23,32)33/h3-6,10-13,15-16H,7-9,14H2,1-2H3/t15-,16-,25+/m0/s1. The third-order valence-corrected chi connectivity index (χ3v) is 8.75. The van der Waals surface area contributed by atoms with Crippen LogP contribution in [0.1, 0.15) is 26.7 Å². The fraction of sp³-hybridized carbons (Fsp3) is 0.360. The molecule has 3 heterocycles. The Balaban J connectivity index is 1.23. The Kier molecular flexibility index (Phi) is 6.28. The number of halogens is 3. The molecule has 0 saturated carbocycles. The van der Waals surface area contributed by atoms with Crippen molar-refractivity contribution in [1.82, 2.24) is 9.97 Å². The molecule has 11 heteroatoms. The number of hydrogen-bond acceptors (Lipinski definition) is 7. The van der Waals surface area contributed by atoms with Crippen LogP contribution in [-0.2, 0) is 9.84 Å². The number of fused-ring (bicyclic) bond motifs is 1. The first-order valence-corrected chi connectivity index (χ1v) is 13.3. The molecule has 0 spiro atoms. The number of anilines is 1. The van der Waals surface area contributed by atoms with Crippen molar-refractivity contribution in [3.05, 3.63) is 59.6 Å². The predicted octanol–water partition coefficient (Wildman–Crippen LogP) is 5.43. The molecule has 36 heavy (non-hydrogen) atoms. The summed E-state index contributed by atoms with van der Waals surface area (Å²) in [5.41, 5.74) is 0.985. The maximum absolute atomic E-state index is 14.9. The summed E-state index contributed by atoms with van der Waals surface area (Å²) in [5, 5.41) is -2.34. The number of benzene rings is 2. The van der Waals surface area contributed by atoms with Crippen LogP contribution in [0.5, 0.6) is 11.5 Å². The summed E-state index contributed by atoms with van der Waals surface area (Å²) >= 11 is 5.88. The molecule has 0 amide bonds. The van der Waals surface area contributed by atoms with E-state index in [1.807, 2.05) is 0 Å². The zero-order valence-electron chi connectivity index (χ0n) is 19.6. The highest BCUT2D eigenvalue weighted by atomic mass is 35.5. The van der Waals surface area contributed by atoms with E-state index in [-0.39, 0.29) is 28.4 Å². The molecule has 0 N–H and O–H groups in total. The van der Waals surface area contributed by atoms with Crippen LogP contribution in [0.4, 0.5) is 14.7 Å². The van der Waals surface area contributed by atoms with Crippen LogP contribution in [-0.4, -0.2) is 42.8 Å². The number of hydrogen-bond donors (Lipinski definition) is 0. The van der Waals surface area contributed by atoms with Gasteiger partial charge in [-0.15, -0.1) is 0 Å². The van der Waals surface area contributed by atoms with E-state index in [2.05, 4.69) is 21.8 Å². The van der Waals surface area contributed by atoms with Gasteiger partial charge in [0, 0.05) is 19.5 Å². The van der Waals surface area contributed by atoms with Gasteiger partial charge in [-0.05, 0) is 61.1 Å². The lowest BCUT2D eigenvalue weighted by atomic mass is 9.92. The van der Waals surface area contributed by atoms with Gasteiger partial charge in [0.25, 0.3) is 9.84 Å². The van der Waals surface area contributed by atoms with Gasteiger partial charge in [-0.3, -0.25) is 0 Å². The van der Waals surface area contributed by atoms with Crippen molar-refractivity contribution in [2.75, 3.05) is 18.1 Å². The van der Waals surface area contributed by atoms with Crippen LogP contribution in [0.25, 0.3) is 11.1 Å². The molecule has 1 aromatic heterocycles. The van der Waals surface area contributed by atoms with E-state index in [4.69, 9.17) is 21.1 Å². The third kappa shape index (κ3) is 4.48. The van der Waals surface area contributed by atoms with Crippen LogP contribution in [0.15, 0.2) is 53.7 Å². The van der Waals surface area contributed by atoms with E-state index in [1.54, 1.807) is 18.5 Å². The van der Waals surface area contributed by atoms with Crippen molar-refractivity contribution >= 4 is 27.4 Å². The molecule has 7 nitrogen and oxygen atoms in total. The average molecular weight is 536 g/mol. The lowest BCUT2D eigenvalue weighted by Crippen LogP contribution is -2.43. The topological polar surface area (TPSA) is 81.6 Å². The summed E-state index contributed by atoms with van der Waals surface area (Å²) < 4.78 is 64.3. The van der Waals surface area contributed by atoms with Gasteiger partial charge in [-0.25, -0.2) is 22.8 Å². The maximum atomic E-state index is 14.9. The molecule has 5 rings (SSSR count). The Bertz CT molecular complexity index is 1400. The molecule has 0 aliphatic carbocycles. The SMILES string of the molecule is C[C@H]1C[C@@H](COc2ccc(-c3ccc4c(c3)O[C@@](C)(F)S4(=O)=O)cc2F)CCN1c1ncc(Cl)cn1. The lowest BCUT2D eigenvalue weighted by Gasteiger charge is -2.37. The van der Waals surface area contributed by atoms with Gasteiger partial charge in [0.05, 0.1) is 24.0 Å². The molecule has 2 aliphatic heterocycles. The summed E-state index contributed by atoms with van der Waals surface area (Å²) in [6.07, 6.45) is 4.85. The minimum absolute atomic E-state index is 0.0947. The highest BCUT2D eigenvalue weighted by molar-refractivity contribution is 7.92. The fourth-order valence-corrected chi connectivity index (χ4v) is 5.92. The van der Waals surface area contributed by atoms with Crippen LogP contribution >= 0.6 is 11.6 Å². The zero-order chi connectivity index (χ0) is 25.7. The molecular weight excluding hydrogens is 512 g/mol. The first-order valence-electron chi connectivity index (χ1n) is 11.5. The molecule has 3 atom stereocenters. The molecule has 2 aliphatic rings. The molecule has 0 bridgehead atoms. The predicted molar refractivity (Wildman–Crippen MR) is 131 cm³/mol. The van der Waals surface area contributed by atoms with E-state index < -0.39 is 20.8 Å². The largest absolute Gasteiger partial charge is 0.490 e. The molecular formula is C25H24ClF2N3O4S. The van der Waals surface area contributed by atoms with Crippen LogP contribution in [0, 0.1) is 11.7 Å². The van der Waals surface area contributed by atoms with Gasteiger partial charge < -0.3 is 14.4 Å². The highest BCUT2D eigenvalue weighted by Crippen LogP contribution is 2.44. The van der Waals surface area contributed by atoms with E-state index in [9.17, 15) is 17.2 Å². The van der Waals surface area contributed by atoms with Gasteiger partial charge >= 0.3 is 5.19 Å². The number of ether oxygens (including phenoxy) is 2. The number of aromatic nitrogens is 2. The minimum Gasteiger partial charge on any atom is -0.490 e. The summed E-state index contributed by atoms with van der Waals surface area (Å²) in [7, 11) is -4.24. The van der Waals surface area contributed by atoms with E-state index >= 15 is 0 Å². The molecule has 1 fully saturated rings. The second-order valence-corrected chi connectivity index (χ2v) is 11.8. The molecule has 0 unspecified atom stereocenters. The molecule has 2 aromatic carbocycles. The Hall–Kier alpha value is -2.98. The van der Waals surface area contributed by atoms with Gasteiger partial charge in [0.2, 0.25) is 5.95 Å². The number of rotatable bonds is 5. The number of piperidine rings is 1. The van der Waals surface area contributed by atoms with E-state index in [0.29, 0.717) is 28.7 Å². The molecule has 190 valence electrons. The summed E-state index contributed by atoms with van der Waals surface area (Å²) in [6.45, 7) is 4.07. The third-order valence-electron chi connectivity index (χ3n) is 6.59. The fourth-order valence-electron chi connectivity index (χ4n) is 4.61. The van der Waals surface area contributed by atoms with Gasteiger partial charge in [0.15, 0.2) is 11.6 Å². The normalized spacial score (nSPS) is 24.8. The van der Waals surface area contributed by atoms with E-state index in [0.717, 1.165) is 26.3 Å². The molecule has 3 aromatic rings. The minimum atomic E-state index is -4.24. The monoisotopic (exact) mass is 535 g/mol. The first kappa shape index (κ1) is 24.7. The zero-order valence-corrected chi connectivity index (χ0v) is 21.2. The Morgan fingerprint density at radius 1 is 1.19 bits per heavy atom. The first-order chi connectivity index (χ1) is 17.0. The second-order valence-electron chi connectivity index (χ2n) is 9.19. The van der Waals surface area contributed by atoms with Crippen molar-refractivity contribution in [2.24, 2.45) is 5.92 Å². The van der Waals surface area contributed by atoms with Gasteiger partial charge in [0.1, 0.15) is 10.6 Å². The van der Waals surface area contributed by atoms with Crippen molar-refractivity contribution in [2.45, 2.75) is 42.8 Å². The smallest absolute Gasteiger partial charge is 0.351 e. The average Bonchev–Trinajstić information content (AvgIpc) is 3.02. The van der Waals surface area contributed by atoms with Crippen LogP contribution in [0.2, 0.25) is 5.02 Å². The maximum Gasteiger partial charge on any atom is 0.351 e. The van der Waals surface area contributed by atoms with Crippen molar-refractivity contribution in [3.8, 4) is 22.6 Å². The summed E-state index contributed by atoms with van der Waals surface area (Å²) in [5.74, 6) is 0.373.